The predicted octanol–water partition coefficient (Wildman–Crippen LogP) is -0.294. The molecule has 30 heavy (non-hydrogen) atoms. The van der Waals surface area contributed by atoms with E-state index in [1.54, 1.807) is 25.4 Å². The molecule has 2 aromatic carbocycles. The monoisotopic (exact) mass is 474 g/mol. The molecule has 0 atom stereocenters. The van der Waals surface area contributed by atoms with Crippen LogP contribution in [-0.4, -0.2) is 43.0 Å². The van der Waals surface area contributed by atoms with Crippen LogP contribution in [0.1, 0.15) is 11.1 Å². The van der Waals surface area contributed by atoms with Crippen molar-refractivity contribution in [3.05, 3.63) is 47.8 Å². The number of methoxy groups -OCH3 is 1. The number of carbonyl (C=O) groups excluding carboxylic acids is 1. The molecular formula is C22H23BrN2O5. The SMILES string of the molecule is COCCOC(=O)CO[n+]1ccc2c(C)c3[nH]c4ccc(O)cc4c3c(C)c2c1.[Br-]. The van der Waals surface area contributed by atoms with Crippen molar-refractivity contribution in [2.45, 2.75) is 13.8 Å². The summed E-state index contributed by atoms with van der Waals surface area (Å²) < 4.78 is 11.4. The van der Waals surface area contributed by atoms with Gasteiger partial charge in [-0.1, -0.05) is 0 Å². The molecule has 4 rings (SSSR count). The van der Waals surface area contributed by atoms with E-state index in [4.69, 9.17) is 14.3 Å². The largest absolute Gasteiger partial charge is 1.00 e. The smallest absolute Gasteiger partial charge is 0.351 e. The van der Waals surface area contributed by atoms with E-state index < -0.39 is 5.97 Å². The number of nitrogens with zero attached hydrogens (tertiary/aromatic N) is 1. The number of hydrogen-bond acceptors (Lipinski definition) is 5. The number of H-pyrrole nitrogens is 1. The summed E-state index contributed by atoms with van der Waals surface area (Å²) in [5, 5.41) is 14.1. The lowest BCUT2D eigenvalue weighted by Gasteiger charge is -2.08. The quantitative estimate of drug-likeness (QED) is 0.228. The van der Waals surface area contributed by atoms with Crippen molar-refractivity contribution in [1.29, 1.82) is 0 Å². The molecule has 0 bridgehead atoms. The maximum Gasteiger partial charge on any atom is 0.351 e. The zero-order chi connectivity index (χ0) is 20.5. The number of ether oxygens (including phenoxy) is 2. The van der Waals surface area contributed by atoms with Gasteiger partial charge < -0.3 is 36.5 Å². The molecule has 2 N–H and O–H groups in total. The second-order valence-corrected chi connectivity index (χ2v) is 6.97. The van der Waals surface area contributed by atoms with Crippen molar-refractivity contribution >= 4 is 38.5 Å². The number of phenolic OH excluding ortho intramolecular Hbond substituents is 1. The number of esters is 1. The van der Waals surface area contributed by atoms with Crippen molar-refractivity contribution in [2.24, 2.45) is 0 Å². The number of benzene rings is 2. The van der Waals surface area contributed by atoms with Crippen molar-refractivity contribution in [1.82, 2.24) is 4.98 Å². The van der Waals surface area contributed by atoms with E-state index in [1.165, 1.54) is 4.73 Å². The minimum Gasteiger partial charge on any atom is -1.00 e. The topological polar surface area (TPSA) is 84.7 Å². The van der Waals surface area contributed by atoms with Crippen LogP contribution in [0.2, 0.25) is 0 Å². The molecule has 0 amide bonds. The predicted molar refractivity (Wildman–Crippen MR) is 109 cm³/mol. The minimum absolute atomic E-state index is 0. The number of aromatic hydroxyl groups is 1. The van der Waals surface area contributed by atoms with Crippen LogP contribution in [0.15, 0.2) is 36.7 Å². The number of hydrogen-bond donors (Lipinski definition) is 2. The molecular weight excluding hydrogens is 452 g/mol. The zero-order valence-electron chi connectivity index (χ0n) is 17.0. The van der Waals surface area contributed by atoms with Crippen LogP contribution in [-0.2, 0) is 14.3 Å². The van der Waals surface area contributed by atoms with E-state index in [-0.39, 0.29) is 35.9 Å². The van der Waals surface area contributed by atoms with Crippen LogP contribution >= 0.6 is 0 Å². The molecule has 0 aliphatic carbocycles. The number of phenols is 1. The minimum atomic E-state index is -0.454. The van der Waals surface area contributed by atoms with Gasteiger partial charge in [-0.25, -0.2) is 4.79 Å². The Kier molecular flexibility index (Phi) is 6.48. The molecule has 8 heteroatoms. The Balaban J connectivity index is 0.00000256. The number of nitrogens with one attached hydrogen (secondary N) is 1. The highest BCUT2D eigenvalue weighted by Crippen LogP contribution is 2.36. The lowest BCUT2D eigenvalue weighted by molar-refractivity contribution is -0.888. The molecule has 0 fully saturated rings. The van der Waals surface area contributed by atoms with E-state index in [0.29, 0.717) is 6.61 Å². The van der Waals surface area contributed by atoms with Gasteiger partial charge in [0.25, 0.3) is 6.61 Å². The van der Waals surface area contributed by atoms with Gasteiger partial charge in [-0.05, 0) is 48.6 Å². The van der Waals surface area contributed by atoms with Crippen molar-refractivity contribution in [3.8, 4) is 5.75 Å². The molecule has 2 heterocycles. The Morgan fingerprint density at radius 2 is 1.90 bits per heavy atom. The maximum atomic E-state index is 11.8. The first-order chi connectivity index (χ1) is 14.0. The first kappa shape index (κ1) is 21.9. The molecule has 0 aliphatic rings. The molecule has 0 saturated carbocycles. The average Bonchev–Trinajstić information content (AvgIpc) is 3.09. The highest BCUT2D eigenvalue weighted by Gasteiger charge is 2.18. The first-order valence-electron chi connectivity index (χ1n) is 9.36. The number of halogens is 1. The van der Waals surface area contributed by atoms with Gasteiger partial charge in [-0.15, -0.1) is 0 Å². The number of aromatic amines is 1. The third kappa shape index (κ3) is 3.93. The van der Waals surface area contributed by atoms with Gasteiger partial charge in [0, 0.05) is 34.2 Å². The second kappa shape index (κ2) is 8.89. The van der Waals surface area contributed by atoms with Gasteiger partial charge in [0.1, 0.15) is 12.4 Å². The lowest BCUT2D eigenvalue weighted by atomic mass is 9.97. The van der Waals surface area contributed by atoms with E-state index in [9.17, 15) is 9.90 Å². The highest BCUT2D eigenvalue weighted by atomic mass is 79.9. The number of pyridine rings is 1. The fourth-order valence-corrected chi connectivity index (χ4v) is 3.71. The Bertz CT molecular complexity index is 1240. The van der Waals surface area contributed by atoms with Crippen LogP contribution in [0.3, 0.4) is 0 Å². The summed E-state index contributed by atoms with van der Waals surface area (Å²) in [6.45, 7) is 4.47. The summed E-state index contributed by atoms with van der Waals surface area (Å²) in [6, 6.07) is 7.30. The zero-order valence-corrected chi connectivity index (χ0v) is 18.6. The molecule has 158 valence electrons. The number of aromatic nitrogens is 2. The summed E-state index contributed by atoms with van der Waals surface area (Å²) >= 11 is 0. The van der Waals surface area contributed by atoms with Crippen LogP contribution < -0.4 is 26.5 Å². The summed E-state index contributed by atoms with van der Waals surface area (Å²) in [5.74, 6) is -0.223. The molecule has 4 aromatic rings. The first-order valence-corrected chi connectivity index (χ1v) is 9.36. The Labute approximate surface area is 183 Å². The number of fused-ring (bicyclic) bond motifs is 4. The number of rotatable bonds is 6. The summed E-state index contributed by atoms with van der Waals surface area (Å²) in [7, 11) is 1.55. The van der Waals surface area contributed by atoms with Crippen molar-refractivity contribution in [3.63, 3.8) is 0 Å². The summed E-state index contributed by atoms with van der Waals surface area (Å²) in [6.07, 6.45) is 3.64. The normalized spacial score (nSPS) is 11.0. The van der Waals surface area contributed by atoms with E-state index in [2.05, 4.69) is 11.9 Å². The van der Waals surface area contributed by atoms with Crippen LogP contribution in [0.25, 0.3) is 32.6 Å². The molecule has 0 spiro atoms. The van der Waals surface area contributed by atoms with Crippen LogP contribution in [0.4, 0.5) is 0 Å². The Morgan fingerprint density at radius 3 is 2.67 bits per heavy atom. The van der Waals surface area contributed by atoms with E-state index in [0.717, 1.165) is 43.7 Å². The van der Waals surface area contributed by atoms with Gasteiger partial charge in [-0.3, -0.25) is 4.84 Å². The summed E-state index contributed by atoms with van der Waals surface area (Å²) in [5.41, 5.74) is 4.21. The van der Waals surface area contributed by atoms with Gasteiger partial charge in [0.15, 0.2) is 0 Å². The summed E-state index contributed by atoms with van der Waals surface area (Å²) in [4.78, 5) is 20.8. The second-order valence-electron chi connectivity index (χ2n) is 6.97. The van der Waals surface area contributed by atoms with E-state index in [1.807, 2.05) is 25.3 Å². The van der Waals surface area contributed by atoms with Crippen molar-refractivity contribution in [2.75, 3.05) is 26.9 Å². The standard InChI is InChI=1S/C22H22N2O5.BrH/c1-13-18-11-24(29-12-20(26)28-9-8-27-3)7-6-16(18)14(2)22-21(13)17-10-15(25)4-5-19(17)23-22;/h4-7,10-11,25H,8-9,12H2,1-3H3;1H. The van der Waals surface area contributed by atoms with Crippen LogP contribution in [0, 0.1) is 13.8 Å². The van der Waals surface area contributed by atoms with Crippen LogP contribution in [0.5, 0.6) is 5.75 Å². The van der Waals surface area contributed by atoms with Gasteiger partial charge in [0.2, 0.25) is 12.4 Å². The fraction of sp³-hybridized carbons (Fsp3) is 0.273. The molecule has 7 nitrogen and oxygen atoms in total. The molecule has 0 aliphatic heterocycles. The molecule has 0 radical (unpaired) electrons. The van der Waals surface area contributed by atoms with Gasteiger partial charge >= 0.3 is 5.97 Å². The Hall–Kier alpha value is -2.84. The van der Waals surface area contributed by atoms with Crippen molar-refractivity contribution < 1.29 is 45.9 Å². The molecule has 0 unspecified atom stereocenters. The Morgan fingerprint density at radius 1 is 1.10 bits per heavy atom. The molecule has 0 saturated heterocycles. The maximum absolute atomic E-state index is 11.8. The average molecular weight is 475 g/mol. The van der Waals surface area contributed by atoms with Gasteiger partial charge in [0.05, 0.1) is 17.5 Å². The molecule has 2 aromatic heterocycles. The van der Waals surface area contributed by atoms with E-state index >= 15 is 0 Å². The van der Waals surface area contributed by atoms with Gasteiger partial charge in [-0.2, -0.15) is 0 Å². The third-order valence-electron chi connectivity index (χ3n) is 5.16. The number of carbonyl (C=O) groups is 1. The third-order valence-corrected chi connectivity index (χ3v) is 5.16. The lowest BCUT2D eigenvalue weighted by Crippen LogP contribution is -3.00. The fourth-order valence-electron chi connectivity index (χ4n) is 3.71. The number of aryl methyl sites for hydroxylation is 2. The highest BCUT2D eigenvalue weighted by molar-refractivity contribution is 6.16.